The molecule has 1 heterocycles. The summed E-state index contributed by atoms with van der Waals surface area (Å²) in [7, 11) is 0. The lowest BCUT2D eigenvalue weighted by molar-refractivity contribution is -0.127. The Hall–Kier alpha value is -1.19. The lowest BCUT2D eigenvalue weighted by atomic mass is 9.83. The quantitative estimate of drug-likeness (QED) is 0.633. The molecule has 1 aliphatic heterocycles. The molecule has 1 N–H and O–H groups in total. The van der Waals surface area contributed by atoms with Crippen LogP contribution in [0.15, 0.2) is 4.99 Å². The Balaban J connectivity index is 2.92. The summed E-state index contributed by atoms with van der Waals surface area (Å²) in [5.74, 6) is -0.663. The molecule has 0 bridgehead atoms. The maximum Gasteiger partial charge on any atom is 0.272 e. The summed E-state index contributed by atoms with van der Waals surface area (Å²) in [6.45, 7) is 5.96. The highest BCUT2D eigenvalue weighted by Crippen LogP contribution is 2.23. The fourth-order valence-corrected chi connectivity index (χ4v) is 1.14. The van der Waals surface area contributed by atoms with Gasteiger partial charge in [-0.2, -0.15) is 0 Å². The van der Waals surface area contributed by atoms with Gasteiger partial charge in [-0.25, -0.2) is 0 Å². The van der Waals surface area contributed by atoms with Crippen molar-refractivity contribution in [2.45, 2.75) is 27.2 Å². The van der Waals surface area contributed by atoms with Crippen molar-refractivity contribution in [3.63, 3.8) is 0 Å². The van der Waals surface area contributed by atoms with Crippen molar-refractivity contribution in [3.05, 3.63) is 0 Å². The second-order valence-electron chi connectivity index (χ2n) is 3.78. The maximum atomic E-state index is 11.3. The Labute approximate surface area is 77.4 Å². The molecule has 0 aromatic heterocycles. The van der Waals surface area contributed by atoms with Crippen molar-refractivity contribution < 1.29 is 9.59 Å². The smallest absolute Gasteiger partial charge is 0.272 e. The number of aliphatic imine (C=N–C) groups is 1. The summed E-state index contributed by atoms with van der Waals surface area (Å²) in [6, 6.07) is 0. The number of hydrogen-bond donors (Lipinski definition) is 1. The van der Waals surface area contributed by atoms with Crippen molar-refractivity contribution in [1.82, 2.24) is 5.32 Å². The molecule has 0 saturated heterocycles. The van der Waals surface area contributed by atoms with Crippen LogP contribution in [0.4, 0.5) is 0 Å². The zero-order valence-corrected chi connectivity index (χ0v) is 8.18. The van der Waals surface area contributed by atoms with Crippen LogP contribution in [0, 0.1) is 5.41 Å². The minimum Gasteiger partial charge on any atom is -0.290 e. The Morgan fingerprint density at radius 3 is 2.54 bits per heavy atom. The summed E-state index contributed by atoms with van der Waals surface area (Å²) in [5, 5.41) is 2.26. The molecule has 0 spiro atoms. The van der Waals surface area contributed by atoms with Gasteiger partial charge in [-0.3, -0.25) is 19.9 Å². The first-order valence-electron chi connectivity index (χ1n) is 4.36. The summed E-state index contributed by atoms with van der Waals surface area (Å²) in [5.41, 5.74) is 0.236. The van der Waals surface area contributed by atoms with Crippen LogP contribution in [-0.2, 0) is 9.59 Å². The van der Waals surface area contributed by atoms with E-state index in [9.17, 15) is 9.59 Å². The molecule has 0 saturated carbocycles. The molecule has 4 nitrogen and oxygen atoms in total. The summed E-state index contributed by atoms with van der Waals surface area (Å²) in [6.07, 6.45) is 0.827. The largest absolute Gasteiger partial charge is 0.290 e. The van der Waals surface area contributed by atoms with Crippen LogP contribution in [0.2, 0.25) is 0 Å². The molecule has 1 aliphatic rings. The third-order valence-corrected chi connectivity index (χ3v) is 2.37. The maximum absolute atomic E-state index is 11.3. The van der Waals surface area contributed by atoms with Crippen LogP contribution in [-0.4, -0.2) is 24.1 Å². The van der Waals surface area contributed by atoms with Crippen LogP contribution in [0.5, 0.6) is 0 Å². The Kier molecular flexibility index (Phi) is 2.50. The first-order chi connectivity index (χ1) is 5.97. The third-order valence-electron chi connectivity index (χ3n) is 2.37. The van der Waals surface area contributed by atoms with Crippen molar-refractivity contribution in [3.8, 4) is 0 Å². The number of imide groups is 1. The summed E-state index contributed by atoms with van der Waals surface area (Å²) >= 11 is 0. The molecule has 0 aromatic carbocycles. The van der Waals surface area contributed by atoms with Gasteiger partial charge in [-0.05, 0) is 6.42 Å². The van der Waals surface area contributed by atoms with Crippen LogP contribution < -0.4 is 5.32 Å². The molecule has 0 aromatic rings. The van der Waals surface area contributed by atoms with Gasteiger partial charge in [0.2, 0.25) is 5.91 Å². The van der Waals surface area contributed by atoms with Gasteiger partial charge >= 0.3 is 0 Å². The van der Waals surface area contributed by atoms with Gasteiger partial charge in [0.25, 0.3) is 5.91 Å². The highest BCUT2D eigenvalue weighted by Gasteiger charge is 2.32. The second-order valence-corrected chi connectivity index (χ2v) is 3.78. The molecular weight excluding hydrogens is 168 g/mol. The second kappa shape index (κ2) is 3.28. The predicted octanol–water partition coefficient (Wildman–Crippen LogP) is 0.520. The number of nitrogens with one attached hydrogen (secondary N) is 1. The van der Waals surface area contributed by atoms with Crippen LogP contribution >= 0.6 is 0 Å². The molecule has 4 heteroatoms. The van der Waals surface area contributed by atoms with E-state index in [1.54, 1.807) is 0 Å². The minimum absolute atomic E-state index is 0.0739. The highest BCUT2D eigenvalue weighted by atomic mass is 16.2. The van der Waals surface area contributed by atoms with E-state index in [-0.39, 0.29) is 23.8 Å². The summed E-state index contributed by atoms with van der Waals surface area (Å²) < 4.78 is 0. The third kappa shape index (κ3) is 1.94. The first-order valence-corrected chi connectivity index (χ1v) is 4.36. The van der Waals surface area contributed by atoms with E-state index in [0.29, 0.717) is 5.71 Å². The van der Waals surface area contributed by atoms with Gasteiger partial charge in [0, 0.05) is 5.41 Å². The number of nitrogens with zero attached hydrogens (tertiary/aromatic N) is 1. The van der Waals surface area contributed by atoms with Gasteiger partial charge in [0.15, 0.2) is 0 Å². The van der Waals surface area contributed by atoms with Gasteiger partial charge in [-0.1, -0.05) is 20.8 Å². The van der Waals surface area contributed by atoms with E-state index in [1.807, 2.05) is 20.8 Å². The summed E-state index contributed by atoms with van der Waals surface area (Å²) in [4.78, 5) is 26.1. The van der Waals surface area contributed by atoms with Gasteiger partial charge in [0.1, 0.15) is 12.3 Å². The minimum atomic E-state index is -0.344. The number of carbonyl (C=O) groups is 2. The van der Waals surface area contributed by atoms with Gasteiger partial charge in [0.05, 0.1) is 0 Å². The van der Waals surface area contributed by atoms with Crippen molar-refractivity contribution in [2.75, 3.05) is 6.54 Å². The van der Waals surface area contributed by atoms with Crippen LogP contribution in [0.3, 0.4) is 0 Å². The number of carbonyl (C=O) groups excluding carboxylic acids is 2. The zero-order valence-electron chi connectivity index (χ0n) is 8.18. The molecule has 0 aliphatic carbocycles. The van der Waals surface area contributed by atoms with Gasteiger partial charge < -0.3 is 0 Å². The fourth-order valence-electron chi connectivity index (χ4n) is 1.14. The van der Waals surface area contributed by atoms with Crippen LogP contribution in [0.25, 0.3) is 0 Å². The Morgan fingerprint density at radius 1 is 1.46 bits per heavy atom. The number of hydrogen-bond acceptors (Lipinski definition) is 3. The predicted molar refractivity (Wildman–Crippen MR) is 49.5 cm³/mol. The van der Waals surface area contributed by atoms with E-state index >= 15 is 0 Å². The molecular formula is C9H14N2O2. The van der Waals surface area contributed by atoms with E-state index in [1.165, 1.54) is 0 Å². The average molecular weight is 182 g/mol. The Bertz CT molecular complexity index is 279. The first kappa shape index (κ1) is 9.89. The molecule has 2 amide bonds. The zero-order chi connectivity index (χ0) is 10.1. The van der Waals surface area contributed by atoms with E-state index < -0.39 is 0 Å². The molecule has 0 unspecified atom stereocenters. The van der Waals surface area contributed by atoms with E-state index in [2.05, 4.69) is 10.3 Å². The molecule has 72 valence electrons. The molecule has 1 rings (SSSR count). The Morgan fingerprint density at radius 2 is 2.08 bits per heavy atom. The van der Waals surface area contributed by atoms with Gasteiger partial charge in [-0.15, -0.1) is 0 Å². The van der Waals surface area contributed by atoms with E-state index in [0.717, 1.165) is 6.42 Å². The number of amides is 2. The lowest BCUT2D eigenvalue weighted by Crippen LogP contribution is -2.47. The standard InChI is InChI=1S/C9H14N2O2/c1-4-9(2,3)7-8(13)11-6(12)5-10-7/h4-5H2,1-3H3,(H,11,12,13). The highest BCUT2D eigenvalue weighted by molar-refractivity contribution is 6.44. The fraction of sp³-hybridized carbons (Fsp3) is 0.667. The monoisotopic (exact) mass is 182 g/mol. The van der Waals surface area contributed by atoms with E-state index in [4.69, 9.17) is 0 Å². The molecule has 0 radical (unpaired) electrons. The molecule has 13 heavy (non-hydrogen) atoms. The SMILES string of the molecule is CCC(C)(C)C1=NCC(=O)NC1=O. The normalized spacial score (nSPS) is 18.2. The van der Waals surface area contributed by atoms with Crippen LogP contribution in [0.1, 0.15) is 27.2 Å². The topological polar surface area (TPSA) is 58.5 Å². The number of rotatable bonds is 2. The van der Waals surface area contributed by atoms with Crippen molar-refractivity contribution >= 4 is 17.5 Å². The van der Waals surface area contributed by atoms with Crippen molar-refractivity contribution in [1.29, 1.82) is 0 Å². The average Bonchev–Trinajstić information content (AvgIpc) is 2.03. The lowest BCUT2D eigenvalue weighted by Gasteiger charge is -2.26. The molecule has 0 fully saturated rings. The van der Waals surface area contributed by atoms with Crippen molar-refractivity contribution in [2.24, 2.45) is 10.4 Å². The molecule has 0 atom stereocenters.